The summed E-state index contributed by atoms with van der Waals surface area (Å²) < 4.78 is 72.4. The molecule has 0 aliphatic heterocycles. The normalized spacial score (nSPS) is 12.1. The topological polar surface area (TPSA) is 95.1 Å². The number of carboxylic acid groups (broad SMARTS) is 1. The van der Waals surface area contributed by atoms with Crippen LogP contribution in [0.5, 0.6) is 5.75 Å². The van der Waals surface area contributed by atoms with E-state index in [1.54, 1.807) is 18.2 Å². The lowest BCUT2D eigenvalue weighted by atomic mass is 10.1. The zero-order valence-corrected chi connectivity index (χ0v) is 19.0. The van der Waals surface area contributed by atoms with E-state index >= 15 is 0 Å². The molecule has 0 aliphatic carbocycles. The number of hydrogen-bond donors (Lipinski definition) is 1. The maximum Gasteiger partial charge on any atom is 0.573 e. The number of ether oxygens (including phenoxy) is 1. The van der Waals surface area contributed by atoms with E-state index in [0.717, 1.165) is 22.9 Å². The summed E-state index contributed by atoms with van der Waals surface area (Å²) in [6.07, 6.45) is -3.47. The van der Waals surface area contributed by atoms with Gasteiger partial charge in [0.25, 0.3) is 0 Å². The van der Waals surface area contributed by atoms with Crippen LogP contribution in [0, 0.1) is 0 Å². The number of aromatic nitrogens is 5. The highest BCUT2D eigenvalue weighted by molar-refractivity contribution is 9.10. The zero-order valence-electron chi connectivity index (χ0n) is 17.5. The van der Waals surface area contributed by atoms with Crippen LogP contribution in [0.25, 0.3) is 28.2 Å². The Morgan fingerprint density at radius 3 is 2.34 bits per heavy atom. The van der Waals surface area contributed by atoms with E-state index in [0.29, 0.717) is 27.0 Å². The molecule has 2 aromatic carbocycles. The number of benzene rings is 2. The van der Waals surface area contributed by atoms with Crippen LogP contribution in [0.2, 0.25) is 0 Å². The first-order valence-corrected chi connectivity index (χ1v) is 10.4. The van der Waals surface area contributed by atoms with Crippen LogP contribution < -0.4 is 4.74 Å². The Morgan fingerprint density at radius 2 is 1.71 bits per heavy atom. The average molecular weight is 558 g/mol. The van der Waals surface area contributed by atoms with Crippen LogP contribution in [-0.4, -0.2) is 42.2 Å². The van der Waals surface area contributed by atoms with Gasteiger partial charge in [0.05, 0.1) is 23.3 Å². The van der Waals surface area contributed by atoms with Gasteiger partial charge in [-0.3, -0.25) is 4.68 Å². The van der Waals surface area contributed by atoms with E-state index in [-0.39, 0.29) is 5.69 Å². The molecule has 0 saturated heterocycles. The van der Waals surface area contributed by atoms with Crippen molar-refractivity contribution < 1.29 is 36.6 Å². The summed E-state index contributed by atoms with van der Waals surface area (Å²) in [5.74, 6) is -6.95. The van der Waals surface area contributed by atoms with Crippen LogP contribution in [-0.2, 0) is 17.8 Å². The number of aryl methyl sites for hydroxylation is 1. The Bertz CT molecular complexity index is 1400. The molecule has 8 nitrogen and oxygen atoms in total. The molecule has 182 valence electrons. The van der Waals surface area contributed by atoms with Crippen LogP contribution in [0.4, 0.5) is 22.0 Å². The highest BCUT2D eigenvalue weighted by Gasteiger charge is 2.44. The van der Waals surface area contributed by atoms with Gasteiger partial charge in [0.15, 0.2) is 0 Å². The molecule has 4 rings (SSSR count). The fraction of sp³-hybridized carbons (Fsp3) is 0.143. The van der Waals surface area contributed by atoms with Crippen molar-refractivity contribution in [3.05, 3.63) is 64.9 Å². The molecule has 4 aromatic rings. The molecular formula is C21H13BrF5N5O3. The lowest BCUT2D eigenvalue weighted by Crippen LogP contribution is -2.26. The number of halogens is 6. The number of alkyl halides is 5. The maximum atomic E-state index is 14.1. The van der Waals surface area contributed by atoms with Crippen molar-refractivity contribution in [1.29, 1.82) is 0 Å². The predicted molar refractivity (Wildman–Crippen MR) is 115 cm³/mol. The van der Waals surface area contributed by atoms with E-state index in [9.17, 15) is 26.7 Å². The summed E-state index contributed by atoms with van der Waals surface area (Å²) in [6, 6.07) is 10.8. The molecular weight excluding hydrogens is 545 g/mol. The molecule has 0 bridgehead atoms. The Labute approximate surface area is 201 Å². The van der Waals surface area contributed by atoms with Crippen molar-refractivity contribution in [2.75, 3.05) is 0 Å². The van der Waals surface area contributed by atoms with Crippen LogP contribution in [0.3, 0.4) is 0 Å². The van der Waals surface area contributed by atoms with E-state index in [2.05, 4.69) is 36.1 Å². The van der Waals surface area contributed by atoms with Gasteiger partial charge in [0, 0.05) is 22.6 Å². The van der Waals surface area contributed by atoms with Gasteiger partial charge in [-0.25, -0.2) is 9.48 Å². The van der Waals surface area contributed by atoms with Gasteiger partial charge in [-0.2, -0.15) is 13.9 Å². The van der Waals surface area contributed by atoms with Crippen molar-refractivity contribution in [1.82, 2.24) is 24.8 Å². The molecule has 2 aromatic heterocycles. The minimum atomic E-state index is -4.84. The third-order valence-corrected chi connectivity index (χ3v) is 5.36. The highest BCUT2D eigenvalue weighted by atomic mass is 79.9. The van der Waals surface area contributed by atoms with Gasteiger partial charge in [0.1, 0.15) is 11.4 Å². The number of aliphatic carboxylic acids is 1. The molecule has 0 radical (unpaired) electrons. The first kappa shape index (κ1) is 24.3. The zero-order chi connectivity index (χ0) is 25.5. The summed E-state index contributed by atoms with van der Waals surface area (Å²) in [6.45, 7) is 0. The van der Waals surface area contributed by atoms with Crippen molar-refractivity contribution >= 4 is 21.9 Å². The maximum absolute atomic E-state index is 14.1. The molecule has 0 unspecified atom stereocenters. The van der Waals surface area contributed by atoms with Gasteiger partial charge in [0.2, 0.25) is 0 Å². The Balaban J connectivity index is 1.80. The summed E-state index contributed by atoms with van der Waals surface area (Å²) in [5, 5.41) is 20.4. The summed E-state index contributed by atoms with van der Waals surface area (Å²) in [5.41, 5.74) is 0.754. The van der Waals surface area contributed by atoms with Crippen molar-refractivity contribution in [2.45, 2.75) is 12.3 Å². The molecule has 0 aliphatic rings. The Kier molecular flexibility index (Phi) is 6.09. The monoisotopic (exact) mass is 557 g/mol. The second-order valence-electron chi connectivity index (χ2n) is 7.18. The van der Waals surface area contributed by atoms with Crippen LogP contribution in [0.1, 0.15) is 5.69 Å². The lowest BCUT2D eigenvalue weighted by Gasteiger charge is -2.13. The molecule has 1 N–H and O–H groups in total. The molecule has 0 saturated carbocycles. The fourth-order valence-corrected chi connectivity index (χ4v) is 3.67. The number of nitrogens with zero attached hydrogens (tertiary/aromatic N) is 5. The minimum Gasteiger partial charge on any atom is -0.476 e. The third kappa shape index (κ3) is 4.87. The molecule has 35 heavy (non-hydrogen) atoms. The summed E-state index contributed by atoms with van der Waals surface area (Å²) in [4.78, 5) is 11.0. The van der Waals surface area contributed by atoms with Gasteiger partial charge in [-0.15, -0.1) is 18.3 Å². The summed E-state index contributed by atoms with van der Waals surface area (Å²) in [7, 11) is 1.38. The van der Waals surface area contributed by atoms with Crippen LogP contribution >= 0.6 is 15.9 Å². The molecule has 0 atom stereocenters. The van der Waals surface area contributed by atoms with Crippen LogP contribution in [0.15, 0.2) is 59.2 Å². The second kappa shape index (κ2) is 8.76. The Hall–Kier alpha value is -3.81. The van der Waals surface area contributed by atoms with Crippen molar-refractivity contribution in [3.8, 4) is 34.0 Å². The average Bonchev–Trinajstić information content (AvgIpc) is 3.40. The summed E-state index contributed by atoms with van der Waals surface area (Å²) >= 11 is 3.34. The molecule has 0 fully saturated rings. The first-order valence-electron chi connectivity index (χ1n) is 9.60. The fourth-order valence-electron chi connectivity index (χ4n) is 3.32. The Morgan fingerprint density at radius 1 is 1.03 bits per heavy atom. The molecule has 0 amide bonds. The number of rotatable bonds is 6. The lowest BCUT2D eigenvalue weighted by molar-refractivity contribution is -0.274. The van der Waals surface area contributed by atoms with E-state index in [1.165, 1.54) is 30.1 Å². The molecule has 14 heteroatoms. The van der Waals surface area contributed by atoms with Gasteiger partial charge >= 0.3 is 18.3 Å². The van der Waals surface area contributed by atoms with E-state index in [1.807, 2.05) is 0 Å². The largest absolute Gasteiger partial charge is 0.573 e. The first-order chi connectivity index (χ1) is 16.4. The van der Waals surface area contributed by atoms with Crippen molar-refractivity contribution in [3.63, 3.8) is 0 Å². The number of carboxylic acids is 1. The molecule has 2 heterocycles. The van der Waals surface area contributed by atoms with Gasteiger partial charge < -0.3 is 9.84 Å². The van der Waals surface area contributed by atoms with Crippen molar-refractivity contribution in [2.24, 2.45) is 7.05 Å². The van der Waals surface area contributed by atoms with E-state index < -0.39 is 29.7 Å². The standard InChI is InChI=1S/C21H13BrF5N5O3/c1-31-15(9-18(29-31)20(23,24)19(33)34)14-7-4-12(22)8-16(14)32-17(10-28-30-32)11-2-5-13(6-3-11)35-21(25,26)27/h2-10H,1H3,(H,33,34). The van der Waals surface area contributed by atoms with Gasteiger partial charge in [-0.05, 0) is 48.5 Å². The predicted octanol–water partition coefficient (Wildman–Crippen LogP) is 5.17. The SMILES string of the molecule is Cn1nc(C(F)(F)C(=O)O)cc1-c1ccc(Br)cc1-n1nncc1-c1ccc(OC(F)(F)F)cc1. The minimum absolute atomic E-state index is 0.166. The number of hydrogen-bond acceptors (Lipinski definition) is 5. The second-order valence-corrected chi connectivity index (χ2v) is 8.10. The van der Waals surface area contributed by atoms with E-state index in [4.69, 9.17) is 5.11 Å². The quantitative estimate of drug-likeness (QED) is 0.328. The number of carbonyl (C=O) groups is 1. The molecule has 0 spiro atoms. The smallest absolute Gasteiger partial charge is 0.476 e. The van der Waals surface area contributed by atoms with Gasteiger partial charge in [-0.1, -0.05) is 21.1 Å². The highest BCUT2D eigenvalue weighted by Crippen LogP contribution is 2.36. The third-order valence-electron chi connectivity index (χ3n) is 4.87.